The fourth-order valence-electron chi connectivity index (χ4n) is 0.729. The van der Waals surface area contributed by atoms with E-state index in [9.17, 15) is 0 Å². The van der Waals surface area contributed by atoms with Crippen LogP contribution in [0.15, 0.2) is 0 Å². The highest BCUT2D eigenvalue weighted by atomic mass is 16.4. The molecule has 0 rings (SSSR count). The number of nitrogens with two attached hydrogens (primary N) is 1. The lowest BCUT2D eigenvalue weighted by atomic mass is 10.0. The molecule has 0 aromatic rings. The van der Waals surface area contributed by atoms with Crippen LogP contribution in [0.5, 0.6) is 0 Å². The zero-order valence-electron chi connectivity index (χ0n) is 7.92. The van der Waals surface area contributed by atoms with Gasteiger partial charge in [0.1, 0.15) is 0 Å². The van der Waals surface area contributed by atoms with Crippen LogP contribution in [0.4, 0.5) is 0 Å². The standard InChI is InChI=1S/C6H14N2.C2H4O2/c1-3-5(4-2)6(7)8;1-2(3)4/h5H,3-4H2,1-2H3,(H3,7,8);1H3,(H,3,4). The van der Waals surface area contributed by atoms with E-state index in [1.165, 1.54) is 0 Å². The normalized spacial score (nSPS) is 8.67. The second kappa shape index (κ2) is 8.04. The minimum absolute atomic E-state index is 0.315. The summed E-state index contributed by atoms with van der Waals surface area (Å²) in [6, 6.07) is 0. The van der Waals surface area contributed by atoms with Gasteiger partial charge in [-0.3, -0.25) is 10.2 Å². The van der Waals surface area contributed by atoms with Gasteiger partial charge in [-0.1, -0.05) is 13.8 Å². The molecule has 0 unspecified atom stereocenters. The van der Waals surface area contributed by atoms with Gasteiger partial charge >= 0.3 is 0 Å². The summed E-state index contributed by atoms with van der Waals surface area (Å²) in [5.41, 5.74) is 5.24. The van der Waals surface area contributed by atoms with Gasteiger partial charge in [-0.25, -0.2) is 0 Å². The SMILES string of the molecule is CC(=O)O.CCC(CC)C(=N)N. The quantitative estimate of drug-likeness (QED) is 0.447. The van der Waals surface area contributed by atoms with Crippen molar-refractivity contribution in [1.29, 1.82) is 5.41 Å². The molecule has 0 saturated carbocycles. The molecule has 0 amide bonds. The Balaban J connectivity index is 0. The number of hydrogen-bond donors (Lipinski definition) is 3. The third-order valence-corrected chi connectivity index (χ3v) is 1.43. The molecule has 4 nitrogen and oxygen atoms in total. The van der Waals surface area contributed by atoms with Gasteiger partial charge in [-0.2, -0.15) is 0 Å². The van der Waals surface area contributed by atoms with E-state index < -0.39 is 5.97 Å². The molecule has 0 spiro atoms. The van der Waals surface area contributed by atoms with E-state index >= 15 is 0 Å². The predicted molar refractivity (Wildman–Crippen MR) is 49.3 cm³/mol. The maximum absolute atomic E-state index is 9.00. The van der Waals surface area contributed by atoms with Crippen molar-refractivity contribution in [2.24, 2.45) is 11.7 Å². The third kappa shape index (κ3) is 11.7. The summed E-state index contributed by atoms with van der Waals surface area (Å²) < 4.78 is 0. The molecule has 0 aromatic carbocycles. The van der Waals surface area contributed by atoms with E-state index in [-0.39, 0.29) is 0 Å². The van der Waals surface area contributed by atoms with Crippen molar-refractivity contribution >= 4 is 11.8 Å². The molecule has 72 valence electrons. The lowest BCUT2D eigenvalue weighted by Gasteiger charge is -2.07. The van der Waals surface area contributed by atoms with Crippen molar-refractivity contribution in [2.75, 3.05) is 0 Å². The molecule has 12 heavy (non-hydrogen) atoms. The number of carboxylic acids is 1. The average molecular weight is 174 g/mol. The first kappa shape index (κ1) is 13.5. The van der Waals surface area contributed by atoms with Gasteiger partial charge in [0.25, 0.3) is 5.97 Å². The van der Waals surface area contributed by atoms with Gasteiger partial charge in [0.2, 0.25) is 0 Å². The molecule has 4 N–H and O–H groups in total. The van der Waals surface area contributed by atoms with Crippen molar-refractivity contribution in [3.63, 3.8) is 0 Å². The summed E-state index contributed by atoms with van der Waals surface area (Å²) >= 11 is 0. The molecule has 0 aromatic heterocycles. The van der Waals surface area contributed by atoms with E-state index in [1.807, 2.05) is 0 Å². The van der Waals surface area contributed by atoms with Crippen molar-refractivity contribution in [3.8, 4) is 0 Å². The Bertz CT molecular complexity index is 138. The lowest BCUT2D eigenvalue weighted by molar-refractivity contribution is -0.134. The number of carbonyl (C=O) groups is 1. The minimum atomic E-state index is -0.833. The molecule has 0 aliphatic heterocycles. The number of carboxylic acid groups (broad SMARTS) is 1. The monoisotopic (exact) mass is 174 g/mol. The summed E-state index contributed by atoms with van der Waals surface area (Å²) in [5, 5.41) is 14.4. The Morgan fingerprint density at radius 1 is 1.50 bits per heavy atom. The summed E-state index contributed by atoms with van der Waals surface area (Å²) in [6.45, 7) is 5.19. The van der Waals surface area contributed by atoms with Crippen molar-refractivity contribution in [3.05, 3.63) is 0 Å². The van der Waals surface area contributed by atoms with Crippen molar-refractivity contribution in [1.82, 2.24) is 0 Å². The lowest BCUT2D eigenvalue weighted by Crippen LogP contribution is -2.20. The second-order valence-electron chi connectivity index (χ2n) is 2.49. The topological polar surface area (TPSA) is 87.2 Å². The Morgan fingerprint density at radius 2 is 1.75 bits per heavy atom. The van der Waals surface area contributed by atoms with Gasteiger partial charge in [0, 0.05) is 12.8 Å². The second-order valence-corrected chi connectivity index (χ2v) is 2.49. The van der Waals surface area contributed by atoms with Gasteiger partial charge in [-0.15, -0.1) is 0 Å². The van der Waals surface area contributed by atoms with E-state index in [2.05, 4.69) is 13.8 Å². The van der Waals surface area contributed by atoms with E-state index in [0.717, 1.165) is 19.8 Å². The van der Waals surface area contributed by atoms with Crippen LogP contribution in [-0.2, 0) is 4.79 Å². The van der Waals surface area contributed by atoms with Crippen LogP contribution in [0.1, 0.15) is 33.6 Å². The predicted octanol–water partition coefficient (Wildman–Crippen LogP) is 1.45. The molecule has 0 saturated heterocycles. The van der Waals surface area contributed by atoms with Crippen molar-refractivity contribution in [2.45, 2.75) is 33.6 Å². The molecule has 0 aliphatic rings. The Morgan fingerprint density at radius 3 is 1.75 bits per heavy atom. The summed E-state index contributed by atoms with van der Waals surface area (Å²) in [5.74, 6) is -0.190. The molecule has 4 heteroatoms. The molecule has 0 atom stereocenters. The number of rotatable bonds is 3. The Labute approximate surface area is 73.3 Å². The van der Waals surface area contributed by atoms with E-state index in [4.69, 9.17) is 21.0 Å². The highest BCUT2D eigenvalue weighted by Crippen LogP contribution is 2.04. The first-order valence-electron chi connectivity index (χ1n) is 3.99. The van der Waals surface area contributed by atoms with Crippen LogP contribution in [0.2, 0.25) is 0 Å². The fourth-order valence-corrected chi connectivity index (χ4v) is 0.729. The zero-order valence-corrected chi connectivity index (χ0v) is 7.92. The largest absolute Gasteiger partial charge is 0.481 e. The molecule has 0 bridgehead atoms. The van der Waals surface area contributed by atoms with E-state index in [0.29, 0.717) is 11.8 Å². The Hall–Kier alpha value is -1.06. The van der Waals surface area contributed by atoms with Gasteiger partial charge in [-0.05, 0) is 12.8 Å². The highest BCUT2D eigenvalue weighted by Gasteiger charge is 2.03. The van der Waals surface area contributed by atoms with Crippen LogP contribution < -0.4 is 5.73 Å². The summed E-state index contributed by atoms with van der Waals surface area (Å²) in [4.78, 5) is 9.00. The number of hydrogen-bond acceptors (Lipinski definition) is 2. The molecule has 0 radical (unpaired) electrons. The number of amidine groups is 1. The Kier molecular flexibility index (Phi) is 9.06. The van der Waals surface area contributed by atoms with Crippen LogP contribution in [0, 0.1) is 11.3 Å². The van der Waals surface area contributed by atoms with Gasteiger partial charge < -0.3 is 10.8 Å². The van der Waals surface area contributed by atoms with E-state index in [1.54, 1.807) is 0 Å². The molecular weight excluding hydrogens is 156 g/mol. The molecule has 0 aliphatic carbocycles. The first-order chi connectivity index (χ1) is 5.45. The van der Waals surface area contributed by atoms with Crippen LogP contribution in [0.25, 0.3) is 0 Å². The fraction of sp³-hybridized carbons (Fsp3) is 0.750. The maximum atomic E-state index is 9.00. The summed E-state index contributed by atoms with van der Waals surface area (Å²) in [6.07, 6.45) is 1.98. The van der Waals surface area contributed by atoms with Gasteiger partial charge in [0.05, 0.1) is 5.84 Å². The molecule has 0 heterocycles. The van der Waals surface area contributed by atoms with Crippen LogP contribution >= 0.6 is 0 Å². The smallest absolute Gasteiger partial charge is 0.300 e. The van der Waals surface area contributed by atoms with Crippen molar-refractivity contribution < 1.29 is 9.90 Å². The zero-order chi connectivity index (χ0) is 10.1. The van der Waals surface area contributed by atoms with Gasteiger partial charge in [0.15, 0.2) is 0 Å². The highest BCUT2D eigenvalue weighted by molar-refractivity contribution is 5.79. The molecule has 0 fully saturated rings. The average Bonchev–Trinajstić information content (AvgIpc) is 1.87. The minimum Gasteiger partial charge on any atom is -0.481 e. The third-order valence-electron chi connectivity index (χ3n) is 1.43. The maximum Gasteiger partial charge on any atom is 0.300 e. The first-order valence-corrected chi connectivity index (χ1v) is 3.99. The number of nitrogens with one attached hydrogen (secondary N) is 1. The number of aliphatic carboxylic acids is 1. The van der Waals surface area contributed by atoms with Crippen LogP contribution in [0.3, 0.4) is 0 Å². The van der Waals surface area contributed by atoms with Crippen LogP contribution in [-0.4, -0.2) is 16.9 Å². The summed E-state index contributed by atoms with van der Waals surface area (Å²) in [7, 11) is 0. The molecular formula is C8H18N2O2.